The summed E-state index contributed by atoms with van der Waals surface area (Å²) in [6.07, 6.45) is 5.42. The van der Waals surface area contributed by atoms with Gasteiger partial charge in [-0.3, -0.25) is 4.90 Å². The van der Waals surface area contributed by atoms with Crippen molar-refractivity contribution in [2.24, 2.45) is 5.73 Å². The van der Waals surface area contributed by atoms with Crippen LogP contribution < -0.4 is 5.73 Å². The summed E-state index contributed by atoms with van der Waals surface area (Å²) in [4.78, 5) is 2.56. The maximum absolute atomic E-state index is 5.85. The molecule has 0 aliphatic carbocycles. The van der Waals surface area contributed by atoms with Crippen molar-refractivity contribution in [2.75, 3.05) is 13.1 Å². The molecule has 2 rings (SSSR count). The Morgan fingerprint density at radius 3 is 3.00 bits per heavy atom. The monoisotopic (exact) mass is 140 g/mol. The Kier molecular flexibility index (Phi) is 1.66. The zero-order valence-electron chi connectivity index (χ0n) is 6.42. The molecule has 2 heteroatoms. The van der Waals surface area contributed by atoms with E-state index in [4.69, 9.17) is 5.73 Å². The van der Waals surface area contributed by atoms with Crippen LogP contribution in [0.2, 0.25) is 0 Å². The topological polar surface area (TPSA) is 29.3 Å². The molecule has 0 unspecified atom stereocenters. The summed E-state index contributed by atoms with van der Waals surface area (Å²) in [5.74, 6) is 0. The van der Waals surface area contributed by atoms with E-state index in [0.29, 0.717) is 6.04 Å². The van der Waals surface area contributed by atoms with E-state index in [1.54, 1.807) is 0 Å². The van der Waals surface area contributed by atoms with Crippen molar-refractivity contribution in [2.45, 2.75) is 37.8 Å². The van der Waals surface area contributed by atoms with Gasteiger partial charge in [-0.05, 0) is 32.2 Å². The van der Waals surface area contributed by atoms with Gasteiger partial charge in [-0.15, -0.1) is 0 Å². The van der Waals surface area contributed by atoms with Crippen LogP contribution in [0.3, 0.4) is 0 Å². The molecule has 2 saturated heterocycles. The molecule has 0 aromatic carbocycles. The van der Waals surface area contributed by atoms with Gasteiger partial charge in [0.15, 0.2) is 0 Å². The van der Waals surface area contributed by atoms with Crippen LogP contribution in [0.4, 0.5) is 0 Å². The fourth-order valence-corrected chi connectivity index (χ4v) is 2.26. The second kappa shape index (κ2) is 2.51. The predicted octanol–water partition coefficient (Wildman–Crippen LogP) is 0.572. The van der Waals surface area contributed by atoms with Gasteiger partial charge in [-0.2, -0.15) is 0 Å². The van der Waals surface area contributed by atoms with Gasteiger partial charge in [0.05, 0.1) is 0 Å². The van der Waals surface area contributed by atoms with Gasteiger partial charge in [0.2, 0.25) is 0 Å². The number of nitrogens with two attached hydrogens (primary N) is 1. The standard InChI is InChI=1S/C8H16N2/c9-7-3-4-8-2-1-5-10(8)6-7/h7-8H,1-6,9H2/t7-,8-/m0/s1. The highest BCUT2D eigenvalue weighted by molar-refractivity contribution is 4.87. The largest absolute Gasteiger partial charge is 0.327 e. The molecular formula is C8H16N2. The number of piperidine rings is 1. The van der Waals surface area contributed by atoms with Crippen LogP contribution in [0.5, 0.6) is 0 Å². The molecule has 58 valence electrons. The van der Waals surface area contributed by atoms with E-state index >= 15 is 0 Å². The molecule has 0 saturated carbocycles. The fourth-order valence-electron chi connectivity index (χ4n) is 2.26. The molecule has 0 aromatic rings. The van der Waals surface area contributed by atoms with E-state index < -0.39 is 0 Å². The summed E-state index contributed by atoms with van der Waals surface area (Å²) >= 11 is 0. The van der Waals surface area contributed by atoms with Crippen LogP contribution in [0.15, 0.2) is 0 Å². The minimum atomic E-state index is 0.467. The van der Waals surface area contributed by atoms with Crippen LogP contribution in [0, 0.1) is 0 Å². The van der Waals surface area contributed by atoms with Crippen LogP contribution in [-0.4, -0.2) is 30.1 Å². The van der Waals surface area contributed by atoms with Gasteiger partial charge < -0.3 is 5.73 Å². The molecule has 0 aromatic heterocycles. The van der Waals surface area contributed by atoms with E-state index in [9.17, 15) is 0 Å². The van der Waals surface area contributed by atoms with Crippen LogP contribution >= 0.6 is 0 Å². The molecule has 2 aliphatic heterocycles. The smallest absolute Gasteiger partial charge is 0.0168 e. The van der Waals surface area contributed by atoms with Gasteiger partial charge in [-0.25, -0.2) is 0 Å². The minimum absolute atomic E-state index is 0.467. The second-order valence-corrected chi connectivity index (χ2v) is 3.63. The fraction of sp³-hybridized carbons (Fsp3) is 1.00. The first kappa shape index (κ1) is 6.62. The van der Waals surface area contributed by atoms with E-state index in [2.05, 4.69) is 4.90 Å². The lowest BCUT2D eigenvalue weighted by Gasteiger charge is -2.32. The Hall–Kier alpha value is -0.0800. The summed E-state index contributed by atoms with van der Waals surface area (Å²) in [6, 6.07) is 1.37. The number of hydrogen-bond donors (Lipinski definition) is 1. The summed E-state index contributed by atoms with van der Waals surface area (Å²) < 4.78 is 0. The Balaban J connectivity index is 1.96. The van der Waals surface area contributed by atoms with Crippen molar-refractivity contribution in [1.82, 2.24) is 4.90 Å². The van der Waals surface area contributed by atoms with E-state index in [1.807, 2.05) is 0 Å². The minimum Gasteiger partial charge on any atom is -0.327 e. The molecule has 2 nitrogen and oxygen atoms in total. The molecular weight excluding hydrogens is 124 g/mol. The molecule has 2 heterocycles. The molecule has 2 atom stereocenters. The SMILES string of the molecule is N[C@H]1CC[C@@H]2CCCN2C1. The van der Waals surface area contributed by atoms with E-state index in [0.717, 1.165) is 12.6 Å². The Labute approximate surface area is 62.4 Å². The van der Waals surface area contributed by atoms with Crippen LogP contribution in [-0.2, 0) is 0 Å². The molecule has 0 amide bonds. The lowest BCUT2D eigenvalue weighted by atomic mass is 10.00. The van der Waals surface area contributed by atoms with E-state index in [1.165, 1.54) is 32.2 Å². The Morgan fingerprint density at radius 2 is 2.10 bits per heavy atom. The average molecular weight is 140 g/mol. The second-order valence-electron chi connectivity index (χ2n) is 3.63. The molecule has 0 spiro atoms. The van der Waals surface area contributed by atoms with Gasteiger partial charge in [0.1, 0.15) is 0 Å². The van der Waals surface area contributed by atoms with Crippen LogP contribution in [0.25, 0.3) is 0 Å². The first-order chi connectivity index (χ1) is 4.86. The highest BCUT2D eigenvalue weighted by Crippen LogP contribution is 2.25. The van der Waals surface area contributed by atoms with Crippen molar-refractivity contribution in [3.63, 3.8) is 0 Å². The molecule has 2 N–H and O–H groups in total. The Morgan fingerprint density at radius 1 is 1.20 bits per heavy atom. The van der Waals surface area contributed by atoms with Crippen molar-refractivity contribution in [1.29, 1.82) is 0 Å². The van der Waals surface area contributed by atoms with Gasteiger partial charge in [-0.1, -0.05) is 0 Å². The van der Waals surface area contributed by atoms with Gasteiger partial charge >= 0.3 is 0 Å². The number of fused-ring (bicyclic) bond motifs is 1. The highest BCUT2D eigenvalue weighted by atomic mass is 15.2. The third kappa shape index (κ3) is 1.06. The number of nitrogens with zero attached hydrogens (tertiary/aromatic N) is 1. The maximum Gasteiger partial charge on any atom is 0.0168 e. The molecule has 0 radical (unpaired) electrons. The number of hydrogen-bond acceptors (Lipinski definition) is 2. The lowest BCUT2D eigenvalue weighted by Crippen LogP contribution is -2.45. The van der Waals surface area contributed by atoms with Gasteiger partial charge in [0, 0.05) is 18.6 Å². The Bertz CT molecular complexity index is 124. The molecule has 0 bridgehead atoms. The summed E-state index contributed by atoms with van der Waals surface area (Å²) in [6.45, 7) is 2.46. The summed E-state index contributed by atoms with van der Waals surface area (Å²) in [7, 11) is 0. The van der Waals surface area contributed by atoms with Crippen molar-refractivity contribution < 1.29 is 0 Å². The quantitative estimate of drug-likeness (QED) is 0.533. The number of rotatable bonds is 0. The average Bonchev–Trinajstić information content (AvgIpc) is 2.33. The lowest BCUT2D eigenvalue weighted by molar-refractivity contribution is 0.180. The van der Waals surface area contributed by atoms with Crippen molar-refractivity contribution >= 4 is 0 Å². The highest BCUT2D eigenvalue weighted by Gasteiger charge is 2.29. The van der Waals surface area contributed by atoms with Gasteiger partial charge in [0.25, 0.3) is 0 Å². The summed E-state index contributed by atoms with van der Waals surface area (Å²) in [5, 5.41) is 0. The third-order valence-electron chi connectivity index (χ3n) is 2.84. The van der Waals surface area contributed by atoms with Crippen molar-refractivity contribution in [3.8, 4) is 0 Å². The third-order valence-corrected chi connectivity index (χ3v) is 2.84. The molecule has 2 fully saturated rings. The van der Waals surface area contributed by atoms with Crippen LogP contribution in [0.1, 0.15) is 25.7 Å². The first-order valence-corrected chi connectivity index (χ1v) is 4.36. The van der Waals surface area contributed by atoms with E-state index in [-0.39, 0.29) is 0 Å². The molecule has 10 heavy (non-hydrogen) atoms. The molecule has 2 aliphatic rings. The zero-order valence-corrected chi connectivity index (χ0v) is 6.42. The first-order valence-electron chi connectivity index (χ1n) is 4.36. The predicted molar refractivity (Wildman–Crippen MR) is 41.8 cm³/mol. The summed E-state index contributed by atoms with van der Waals surface area (Å²) in [5.41, 5.74) is 5.85. The zero-order chi connectivity index (χ0) is 6.97. The normalized spacial score (nSPS) is 41.7. The van der Waals surface area contributed by atoms with Crippen molar-refractivity contribution in [3.05, 3.63) is 0 Å². The maximum atomic E-state index is 5.85.